The Balaban J connectivity index is 1.30. The molecule has 0 saturated carbocycles. The van der Waals surface area contributed by atoms with Gasteiger partial charge in [-0.2, -0.15) is 9.97 Å². The summed E-state index contributed by atoms with van der Waals surface area (Å²) < 4.78 is 35.1. The van der Waals surface area contributed by atoms with Crippen molar-refractivity contribution in [3.05, 3.63) is 77.3 Å². The van der Waals surface area contributed by atoms with Crippen LogP contribution in [-0.2, 0) is 18.4 Å². The quantitative estimate of drug-likeness (QED) is 0.140. The Labute approximate surface area is 243 Å². The Morgan fingerprint density at radius 1 is 1.00 bits per heavy atom. The van der Waals surface area contributed by atoms with Crippen molar-refractivity contribution in [1.82, 2.24) is 19.5 Å². The van der Waals surface area contributed by atoms with Crippen LogP contribution in [0.5, 0.6) is 0 Å². The SMILES string of the molecule is O=P(O)(O)CP(=O)(O)OC[C@H]1O[C@@H](n2cnc3c(N4CC(c5ccccc5)c5ccccc54)nc(Cl)nc32)C(O)[C@H]1O. The van der Waals surface area contributed by atoms with Crippen molar-refractivity contribution in [1.29, 1.82) is 0 Å². The molecule has 2 aliphatic heterocycles. The lowest BCUT2D eigenvalue weighted by Crippen LogP contribution is -2.33. The van der Waals surface area contributed by atoms with E-state index in [1.807, 2.05) is 41.3 Å². The average molecular weight is 638 g/mol. The van der Waals surface area contributed by atoms with E-state index in [4.69, 9.17) is 30.6 Å². The summed E-state index contributed by atoms with van der Waals surface area (Å²) in [4.78, 5) is 43.1. The van der Waals surface area contributed by atoms with E-state index in [9.17, 15) is 24.2 Å². The number of aliphatic hydroxyl groups excluding tert-OH is 2. The van der Waals surface area contributed by atoms with E-state index in [-0.39, 0.29) is 16.8 Å². The Kier molecular flexibility index (Phi) is 7.73. The van der Waals surface area contributed by atoms with Crippen LogP contribution in [0.4, 0.5) is 11.5 Å². The molecule has 17 heteroatoms. The number of aromatic nitrogens is 4. The standard InChI is InChI=1S/C25H26ClN5O9P2/c26-25-28-22(30-10-16(14-6-2-1-3-7-14)15-8-4-5-9-17(15)30)19-23(29-25)31(12-27-19)24-21(33)20(32)18(40-24)11-39-42(37,38)13-41(34,35)36/h1-9,12,16,18,20-21,24,32-33H,10-11,13H2,(H,37,38)(H2,34,35,36)/t16?,18-,20+,21?,24-/m1/s1. The zero-order chi connectivity index (χ0) is 29.8. The molecule has 4 heterocycles. The van der Waals surface area contributed by atoms with Crippen LogP contribution < -0.4 is 4.90 Å². The maximum atomic E-state index is 12.1. The van der Waals surface area contributed by atoms with Crippen LogP contribution in [0.1, 0.15) is 23.3 Å². The summed E-state index contributed by atoms with van der Waals surface area (Å²) in [6, 6.07) is 18.0. The number of benzene rings is 2. The number of rotatable bonds is 8. The van der Waals surface area contributed by atoms with Gasteiger partial charge in [-0.05, 0) is 28.8 Å². The molecule has 1 saturated heterocycles. The molecule has 222 valence electrons. The summed E-state index contributed by atoms with van der Waals surface area (Å²) in [7, 11) is -9.56. The fraction of sp³-hybridized carbons (Fsp3) is 0.320. The topological polar surface area (TPSA) is 201 Å². The van der Waals surface area contributed by atoms with Crippen LogP contribution in [0, 0.1) is 0 Å². The molecule has 42 heavy (non-hydrogen) atoms. The number of ether oxygens (including phenoxy) is 1. The van der Waals surface area contributed by atoms with Gasteiger partial charge in [-0.25, -0.2) is 4.98 Å². The molecular weight excluding hydrogens is 612 g/mol. The number of anilines is 2. The molecule has 6 rings (SSSR count). The molecule has 4 aromatic rings. The third kappa shape index (κ3) is 5.63. The highest BCUT2D eigenvalue weighted by atomic mass is 35.5. The predicted octanol–water partition coefficient (Wildman–Crippen LogP) is 2.72. The fourth-order valence-corrected chi connectivity index (χ4v) is 8.12. The Morgan fingerprint density at radius 2 is 1.71 bits per heavy atom. The van der Waals surface area contributed by atoms with Crippen LogP contribution >= 0.6 is 26.8 Å². The van der Waals surface area contributed by atoms with Crippen molar-refractivity contribution in [3.8, 4) is 0 Å². The number of halogens is 1. The van der Waals surface area contributed by atoms with E-state index in [0.717, 1.165) is 16.8 Å². The normalized spacial score (nSPS) is 25.6. The van der Waals surface area contributed by atoms with Crippen molar-refractivity contribution >= 4 is 49.5 Å². The predicted molar refractivity (Wildman–Crippen MR) is 151 cm³/mol. The third-order valence-electron chi connectivity index (χ3n) is 7.22. The Bertz CT molecular complexity index is 1720. The lowest BCUT2D eigenvalue weighted by molar-refractivity contribution is -0.0483. The lowest BCUT2D eigenvalue weighted by atomic mass is 9.93. The minimum atomic E-state index is -4.85. The second kappa shape index (κ2) is 11.1. The number of para-hydroxylation sites is 1. The molecule has 3 unspecified atom stereocenters. The van der Waals surface area contributed by atoms with Gasteiger partial charge in [0.05, 0.1) is 12.9 Å². The second-order valence-electron chi connectivity index (χ2n) is 10.1. The molecule has 2 aromatic heterocycles. The summed E-state index contributed by atoms with van der Waals surface area (Å²) >= 11 is 6.38. The van der Waals surface area contributed by atoms with Crippen molar-refractivity contribution in [3.63, 3.8) is 0 Å². The van der Waals surface area contributed by atoms with E-state index < -0.39 is 52.2 Å². The maximum Gasteiger partial charge on any atom is 0.340 e. The molecule has 0 aliphatic carbocycles. The van der Waals surface area contributed by atoms with Crippen molar-refractivity contribution in [2.24, 2.45) is 0 Å². The van der Waals surface area contributed by atoms with E-state index >= 15 is 0 Å². The summed E-state index contributed by atoms with van der Waals surface area (Å²) in [6.07, 6.45) is -4.32. The smallest absolute Gasteiger partial charge is 0.340 e. The molecule has 1 fully saturated rings. The molecule has 0 spiro atoms. The molecule has 14 nitrogen and oxygen atoms in total. The molecule has 2 aliphatic rings. The first-order valence-corrected chi connectivity index (χ1v) is 16.7. The lowest BCUT2D eigenvalue weighted by Gasteiger charge is -2.20. The van der Waals surface area contributed by atoms with Gasteiger partial charge in [0, 0.05) is 18.2 Å². The number of aliphatic hydroxyl groups is 2. The van der Waals surface area contributed by atoms with Crippen molar-refractivity contribution in [2.45, 2.75) is 30.5 Å². The molecular formula is C25H26ClN5O9P2. The first-order valence-electron chi connectivity index (χ1n) is 12.8. The van der Waals surface area contributed by atoms with Crippen LogP contribution in [-0.4, -0.2) is 81.8 Å². The highest BCUT2D eigenvalue weighted by molar-refractivity contribution is 7.70. The number of imidazole rings is 1. The Hall–Kier alpha value is -2.74. The second-order valence-corrected chi connectivity index (χ2v) is 14.4. The highest BCUT2D eigenvalue weighted by Gasteiger charge is 2.46. The van der Waals surface area contributed by atoms with Crippen molar-refractivity contribution in [2.75, 3.05) is 24.0 Å². The number of fused-ring (bicyclic) bond motifs is 2. The minimum Gasteiger partial charge on any atom is -0.387 e. The zero-order valence-electron chi connectivity index (χ0n) is 21.7. The Morgan fingerprint density at radius 3 is 2.45 bits per heavy atom. The minimum absolute atomic E-state index is 0.0530. The van der Waals surface area contributed by atoms with Gasteiger partial charge < -0.3 is 39.1 Å². The van der Waals surface area contributed by atoms with Crippen LogP contribution in [0.2, 0.25) is 5.28 Å². The van der Waals surface area contributed by atoms with Gasteiger partial charge in [0.15, 0.2) is 29.1 Å². The third-order valence-corrected chi connectivity index (χ3v) is 10.8. The molecule has 0 amide bonds. The zero-order valence-corrected chi connectivity index (χ0v) is 24.2. The number of nitrogens with zero attached hydrogens (tertiary/aromatic N) is 5. The van der Waals surface area contributed by atoms with Gasteiger partial charge in [-0.3, -0.25) is 13.7 Å². The number of hydrogen-bond acceptors (Lipinski definition) is 10. The largest absolute Gasteiger partial charge is 0.387 e. The molecule has 5 N–H and O–H groups in total. The first-order chi connectivity index (χ1) is 19.9. The molecule has 0 bridgehead atoms. The van der Waals surface area contributed by atoms with Gasteiger partial charge in [0.25, 0.3) is 0 Å². The van der Waals surface area contributed by atoms with Crippen LogP contribution in [0.15, 0.2) is 60.9 Å². The summed E-state index contributed by atoms with van der Waals surface area (Å²) in [6.45, 7) is -0.170. The van der Waals surface area contributed by atoms with Crippen molar-refractivity contribution < 1.29 is 43.3 Å². The van der Waals surface area contributed by atoms with E-state index in [2.05, 4.69) is 33.2 Å². The van der Waals surface area contributed by atoms with E-state index in [0.29, 0.717) is 17.9 Å². The summed E-state index contributed by atoms with van der Waals surface area (Å²) in [5.74, 6) is -0.914. The monoisotopic (exact) mass is 637 g/mol. The van der Waals surface area contributed by atoms with E-state index in [1.54, 1.807) is 0 Å². The van der Waals surface area contributed by atoms with Gasteiger partial charge in [0.1, 0.15) is 18.3 Å². The van der Waals surface area contributed by atoms with Gasteiger partial charge in [-0.15, -0.1) is 0 Å². The summed E-state index contributed by atoms with van der Waals surface area (Å²) in [5.41, 5.74) is 3.72. The first kappa shape index (κ1) is 29.3. The van der Waals surface area contributed by atoms with Crippen LogP contribution in [0.3, 0.4) is 0 Å². The highest BCUT2D eigenvalue weighted by Crippen LogP contribution is 2.55. The maximum absolute atomic E-state index is 12.1. The van der Waals surface area contributed by atoms with Gasteiger partial charge >= 0.3 is 15.2 Å². The average Bonchev–Trinajstić information content (AvgIpc) is 3.60. The molecule has 6 atom stereocenters. The molecule has 2 aromatic carbocycles. The van der Waals surface area contributed by atoms with Gasteiger partial charge in [0.2, 0.25) is 5.28 Å². The van der Waals surface area contributed by atoms with Crippen LogP contribution in [0.25, 0.3) is 11.2 Å². The van der Waals surface area contributed by atoms with E-state index in [1.165, 1.54) is 10.9 Å². The number of hydrogen-bond donors (Lipinski definition) is 5. The van der Waals surface area contributed by atoms with Gasteiger partial charge in [-0.1, -0.05) is 48.5 Å². The fourth-order valence-electron chi connectivity index (χ4n) is 5.39. The molecule has 0 radical (unpaired) electrons. The summed E-state index contributed by atoms with van der Waals surface area (Å²) in [5, 5.41) is 21.3.